The molecule has 1 aromatic rings. The zero-order chi connectivity index (χ0) is 13.5. The number of aromatic nitrogens is 1. The fraction of sp³-hybridized carbons (Fsp3) is 0.786. The van der Waals surface area contributed by atoms with Crippen LogP contribution in [0.1, 0.15) is 56.1 Å². The van der Waals surface area contributed by atoms with Crippen LogP contribution in [-0.2, 0) is 13.1 Å². The highest BCUT2D eigenvalue weighted by molar-refractivity contribution is 7.11. The van der Waals surface area contributed by atoms with Gasteiger partial charge in [0.05, 0.1) is 12.2 Å². The van der Waals surface area contributed by atoms with Crippen molar-refractivity contribution in [2.24, 2.45) is 0 Å². The second-order valence-electron chi connectivity index (χ2n) is 4.81. The number of nitrogens with one attached hydrogen (secondary N) is 1. The summed E-state index contributed by atoms with van der Waals surface area (Å²) in [6, 6.07) is 0. The quantitative estimate of drug-likeness (QED) is 0.785. The first-order valence-corrected chi connectivity index (χ1v) is 7.85. The van der Waals surface area contributed by atoms with Gasteiger partial charge in [-0.15, -0.1) is 11.3 Å². The Kier molecular flexibility index (Phi) is 6.82. The third kappa shape index (κ3) is 4.34. The van der Waals surface area contributed by atoms with Gasteiger partial charge >= 0.3 is 0 Å². The summed E-state index contributed by atoms with van der Waals surface area (Å²) < 4.78 is 0. The fourth-order valence-corrected chi connectivity index (χ4v) is 3.17. The molecule has 0 amide bonds. The molecule has 1 heterocycles. The van der Waals surface area contributed by atoms with E-state index in [2.05, 4.69) is 44.8 Å². The lowest BCUT2D eigenvalue weighted by Crippen LogP contribution is -2.21. The second kappa shape index (κ2) is 7.87. The maximum atomic E-state index is 4.84. The minimum atomic E-state index is 0.514. The zero-order valence-corrected chi connectivity index (χ0v) is 13.2. The molecular formula is C14H27N3S. The van der Waals surface area contributed by atoms with E-state index in [0.717, 1.165) is 32.7 Å². The molecule has 0 spiro atoms. The van der Waals surface area contributed by atoms with Gasteiger partial charge in [0.1, 0.15) is 5.01 Å². The molecule has 1 N–H and O–H groups in total. The molecule has 0 atom stereocenters. The van der Waals surface area contributed by atoms with Gasteiger partial charge in [-0.2, -0.15) is 0 Å². The van der Waals surface area contributed by atoms with Crippen LogP contribution in [-0.4, -0.2) is 29.5 Å². The molecular weight excluding hydrogens is 242 g/mol. The van der Waals surface area contributed by atoms with Crippen LogP contribution in [0.25, 0.3) is 0 Å². The van der Waals surface area contributed by atoms with E-state index >= 15 is 0 Å². The fourth-order valence-electron chi connectivity index (χ4n) is 1.94. The Morgan fingerprint density at radius 1 is 1.22 bits per heavy atom. The van der Waals surface area contributed by atoms with E-state index in [4.69, 9.17) is 4.98 Å². The summed E-state index contributed by atoms with van der Waals surface area (Å²) in [6.45, 7) is 16.2. The van der Waals surface area contributed by atoms with Crippen molar-refractivity contribution in [1.29, 1.82) is 0 Å². The van der Waals surface area contributed by atoms with Gasteiger partial charge in [-0.1, -0.05) is 34.6 Å². The zero-order valence-electron chi connectivity index (χ0n) is 12.4. The predicted molar refractivity (Wildman–Crippen MR) is 80.2 cm³/mol. The Labute approximate surface area is 116 Å². The van der Waals surface area contributed by atoms with E-state index in [0.29, 0.717) is 5.92 Å². The second-order valence-corrected chi connectivity index (χ2v) is 5.98. The molecule has 0 saturated carbocycles. The average molecular weight is 269 g/mol. The van der Waals surface area contributed by atoms with Crippen LogP contribution >= 0.6 is 11.3 Å². The number of thiazole rings is 1. The van der Waals surface area contributed by atoms with Gasteiger partial charge in [-0.25, -0.2) is 4.98 Å². The Morgan fingerprint density at radius 2 is 1.89 bits per heavy atom. The molecule has 0 fully saturated rings. The highest BCUT2D eigenvalue weighted by atomic mass is 32.1. The summed E-state index contributed by atoms with van der Waals surface area (Å²) in [5.41, 5.74) is 1.28. The van der Waals surface area contributed by atoms with Crippen molar-refractivity contribution in [3.8, 4) is 0 Å². The number of hydrogen-bond acceptors (Lipinski definition) is 4. The normalized spacial score (nSPS) is 11.7. The molecule has 1 aromatic heterocycles. The predicted octanol–water partition coefficient (Wildman–Crippen LogP) is 3.22. The molecule has 0 aliphatic heterocycles. The van der Waals surface area contributed by atoms with Crippen LogP contribution in [0.15, 0.2) is 0 Å². The molecule has 4 heteroatoms. The monoisotopic (exact) mass is 269 g/mol. The van der Waals surface area contributed by atoms with Crippen molar-refractivity contribution in [2.75, 3.05) is 19.6 Å². The third-order valence-corrected chi connectivity index (χ3v) is 4.16. The van der Waals surface area contributed by atoms with E-state index in [1.807, 2.05) is 11.3 Å². The van der Waals surface area contributed by atoms with Crippen molar-refractivity contribution in [3.05, 3.63) is 15.6 Å². The van der Waals surface area contributed by atoms with Crippen LogP contribution in [0.3, 0.4) is 0 Å². The van der Waals surface area contributed by atoms with E-state index < -0.39 is 0 Å². The standard InChI is InChI=1S/C14H27N3S/c1-6-15-9-12-14(11(4)5)16-13(18-12)10-17(7-2)8-3/h11,15H,6-10H2,1-5H3. The highest BCUT2D eigenvalue weighted by Crippen LogP contribution is 2.26. The summed E-state index contributed by atoms with van der Waals surface area (Å²) >= 11 is 1.87. The largest absolute Gasteiger partial charge is 0.312 e. The molecule has 1 rings (SSSR count). The third-order valence-electron chi connectivity index (χ3n) is 3.11. The van der Waals surface area contributed by atoms with E-state index in [1.54, 1.807) is 0 Å². The molecule has 18 heavy (non-hydrogen) atoms. The maximum absolute atomic E-state index is 4.84. The van der Waals surface area contributed by atoms with Crippen molar-refractivity contribution >= 4 is 11.3 Å². The lowest BCUT2D eigenvalue weighted by Gasteiger charge is -2.15. The van der Waals surface area contributed by atoms with Gasteiger partial charge in [0.15, 0.2) is 0 Å². The summed E-state index contributed by atoms with van der Waals surface area (Å²) in [5.74, 6) is 0.514. The van der Waals surface area contributed by atoms with Gasteiger partial charge in [0.25, 0.3) is 0 Å². The number of rotatable bonds is 8. The van der Waals surface area contributed by atoms with Crippen LogP contribution in [0.4, 0.5) is 0 Å². The maximum Gasteiger partial charge on any atom is 0.107 e. The molecule has 0 aromatic carbocycles. The first-order valence-electron chi connectivity index (χ1n) is 7.03. The smallest absolute Gasteiger partial charge is 0.107 e. The van der Waals surface area contributed by atoms with Crippen molar-refractivity contribution in [1.82, 2.24) is 15.2 Å². The van der Waals surface area contributed by atoms with Gasteiger partial charge in [0.2, 0.25) is 0 Å². The van der Waals surface area contributed by atoms with E-state index in [1.165, 1.54) is 15.6 Å². The number of nitrogens with zero attached hydrogens (tertiary/aromatic N) is 2. The molecule has 0 radical (unpaired) electrons. The SMILES string of the molecule is CCNCc1sc(CN(CC)CC)nc1C(C)C. The molecule has 0 aliphatic rings. The highest BCUT2D eigenvalue weighted by Gasteiger charge is 2.14. The Morgan fingerprint density at radius 3 is 2.39 bits per heavy atom. The number of hydrogen-bond donors (Lipinski definition) is 1. The van der Waals surface area contributed by atoms with Crippen LogP contribution in [0, 0.1) is 0 Å². The topological polar surface area (TPSA) is 28.2 Å². The van der Waals surface area contributed by atoms with Gasteiger partial charge in [0, 0.05) is 11.4 Å². The molecule has 3 nitrogen and oxygen atoms in total. The van der Waals surface area contributed by atoms with Gasteiger partial charge < -0.3 is 5.32 Å². The molecule has 0 bridgehead atoms. The van der Waals surface area contributed by atoms with E-state index in [9.17, 15) is 0 Å². The summed E-state index contributed by atoms with van der Waals surface area (Å²) in [6.07, 6.45) is 0. The van der Waals surface area contributed by atoms with Crippen molar-refractivity contribution in [2.45, 2.75) is 53.6 Å². The van der Waals surface area contributed by atoms with E-state index in [-0.39, 0.29) is 0 Å². The summed E-state index contributed by atoms with van der Waals surface area (Å²) in [4.78, 5) is 8.66. The average Bonchev–Trinajstić information content (AvgIpc) is 2.76. The van der Waals surface area contributed by atoms with Crippen LogP contribution < -0.4 is 5.32 Å². The minimum Gasteiger partial charge on any atom is -0.312 e. The Hall–Kier alpha value is -0.450. The Balaban J connectivity index is 2.80. The van der Waals surface area contributed by atoms with Crippen LogP contribution in [0.2, 0.25) is 0 Å². The molecule has 0 aliphatic carbocycles. The van der Waals surface area contributed by atoms with Crippen molar-refractivity contribution in [3.63, 3.8) is 0 Å². The van der Waals surface area contributed by atoms with Gasteiger partial charge in [-0.3, -0.25) is 4.90 Å². The van der Waals surface area contributed by atoms with Crippen molar-refractivity contribution < 1.29 is 0 Å². The lowest BCUT2D eigenvalue weighted by atomic mass is 10.1. The molecule has 104 valence electrons. The minimum absolute atomic E-state index is 0.514. The summed E-state index contributed by atoms with van der Waals surface area (Å²) in [7, 11) is 0. The Bertz CT molecular complexity index is 343. The first kappa shape index (κ1) is 15.6. The first-order chi connectivity index (χ1) is 8.62. The molecule has 0 unspecified atom stereocenters. The molecule has 0 saturated heterocycles. The lowest BCUT2D eigenvalue weighted by molar-refractivity contribution is 0.295. The van der Waals surface area contributed by atoms with Gasteiger partial charge in [-0.05, 0) is 25.6 Å². The van der Waals surface area contributed by atoms with Crippen LogP contribution in [0.5, 0.6) is 0 Å². The summed E-state index contributed by atoms with van der Waals surface area (Å²) in [5, 5.41) is 4.67.